The summed E-state index contributed by atoms with van der Waals surface area (Å²) in [6, 6.07) is 0. The fourth-order valence-electron chi connectivity index (χ4n) is 4.07. The molecular weight excluding hydrogens is 398 g/mol. The third-order valence-corrected chi connectivity index (χ3v) is 5.64. The van der Waals surface area contributed by atoms with E-state index >= 15 is 0 Å². The second-order valence-corrected chi connectivity index (χ2v) is 8.65. The summed E-state index contributed by atoms with van der Waals surface area (Å²) in [5.41, 5.74) is 0. The van der Waals surface area contributed by atoms with Crippen LogP contribution in [0.25, 0.3) is 0 Å². The van der Waals surface area contributed by atoms with Crippen molar-refractivity contribution in [1.29, 1.82) is 0 Å². The van der Waals surface area contributed by atoms with Crippen molar-refractivity contribution in [2.24, 2.45) is 0 Å². The summed E-state index contributed by atoms with van der Waals surface area (Å²) in [6.07, 6.45) is 20.7. The van der Waals surface area contributed by atoms with Crippen LogP contribution in [0, 0.1) is 0 Å². The van der Waals surface area contributed by atoms with Crippen LogP contribution in [-0.2, 0) is 14.4 Å². The van der Waals surface area contributed by atoms with Gasteiger partial charge in [-0.2, -0.15) is 0 Å². The molecule has 180 valence electrons. The molecule has 0 aliphatic rings. The first-order chi connectivity index (χ1) is 14.8. The van der Waals surface area contributed by atoms with Crippen LogP contribution < -0.4 is 5.11 Å². The zero-order valence-electron chi connectivity index (χ0n) is 19.4. The zero-order valence-corrected chi connectivity index (χ0v) is 19.4. The first-order valence-electron chi connectivity index (χ1n) is 11.9. The average Bonchev–Trinajstić information content (AvgIpc) is 2.66. The smallest absolute Gasteiger partial charge is 0.359 e. The van der Waals surface area contributed by atoms with E-state index < -0.39 is 42.0 Å². The van der Waals surface area contributed by atoms with Gasteiger partial charge in [0.25, 0.3) is 0 Å². The largest absolute Gasteiger partial charge is 0.544 e. The Labute approximate surface area is 187 Å². The Balaban J connectivity index is 3.84. The highest BCUT2D eigenvalue weighted by Crippen LogP contribution is 2.15. The maximum atomic E-state index is 11.1. The molecule has 0 aliphatic heterocycles. The first-order valence-corrected chi connectivity index (χ1v) is 11.9. The van der Waals surface area contributed by atoms with E-state index in [2.05, 4.69) is 19.1 Å². The summed E-state index contributed by atoms with van der Waals surface area (Å²) < 4.78 is -0.498. The molecule has 0 aromatic carbocycles. The van der Waals surface area contributed by atoms with E-state index in [0.29, 0.717) is 6.42 Å². The summed E-state index contributed by atoms with van der Waals surface area (Å²) in [5, 5.41) is 29.2. The first kappa shape index (κ1) is 29.1. The van der Waals surface area contributed by atoms with Crippen LogP contribution >= 0.6 is 0 Å². The SMILES string of the molecule is C/C=C/CCCCCCCCCCCCCCC[N+](CC(=O)[O-])(CC(=O)O)CC(=O)O. The van der Waals surface area contributed by atoms with Crippen molar-refractivity contribution in [1.82, 2.24) is 0 Å². The monoisotopic (exact) mass is 441 g/mol. The number of hydrogen-bond donors (Lipinski definition) is 2. The molecule has 2 N–H and O–H groups in total. The standard InChI is InChI=1S/C24H43NO6/c1-2-3-4-5-6-7-8-9-10-11-12-13-14-15-16-17-18-25(19-22(26)27,20-23(28)29)21-24(30)31/h2-3H,4-21H2,1H3,(H2-,26,27,28,29,30,31)/b3-2+. The van der Waals surface area contributed by atoms with Gasteiger partial charge in [0, 0.05) is 0 Å². The number of rotatable bonds is 22. The number of hydrogen-bond acceptors (Lipinski definition) is 4. The molecule has 7 heteroatoms. The maximum Gasteiger partial charge on any atom is 0.359 e. The van der Waals surface area contributed by atoms with Gasteiger partial charge in [-0.05, 0) is 32.6 Å². The molecule has 0 amide bonds. The molecule has 0 unspecified atom stereocenters. The molecular formula is C24H43NO6. The minimum absolute atomic E-state index is 0.224. The highest BCUT2D eigenvalue weighted by molar-refractivity contribution is 5.72. The van der Waals surface area contributed by atoms with Crippen LogP contribution in [0.2, 0.25) is 0 Å². The van der Waals surface area contributed by atoms with E-state index in [1.165, 1.54) is 64.2 Å². The van der Waals surface area contributed by atoms with Crippen molar-refractivity contribution >= 4 is 17.9 Å². The van der Waals surface area contributed by atoms with E-state index in [4.69, 9.17) is 10.2 Å². The lowest BCUT2D eigenvalue weighted by atomic mass is 10.0. The molecule has 0 atom stereocenters. The fourth-order valence-corrected chi connectivity index (χ4v) is 4.07. The number of carboxylic acid groups (broad SMARTS) is 3. The molecule has 0 radical (unpaired) electrons. The van der Waals surface area contributed by atoms with Gasteiger partial charge in [0.2, 0.25) is 0 Å². The molecule has 0 aliphatic carbocycles. The zero-order chi connectivity index (χ0) is 23.4. The van der Waals surface area contributed by atoms with E-state index in [-0.39, 0.29) is 6.54 Å². The maximum absolute atomic E-state index is 11.1. The van der Waals surface area contributed by atoms with Gasteiger partial charge in [0.15, 0.2) is 13.1 Å². The number of carboxylic acids is 3. The van der Waals surface area contributed by atoms with Gasteiger partial charge in [-0.15, -0.1) is 0 Å². The van der Waals surface area contributed by atoms with E-state index in [1.807, 2.05) is 0 Å². The summed E-state index contributed by atoms with van der Waals surface area (Å²) in [7, 11) is 0. The van der Waals surface area contributed by atoms with Gasteiger partial charge in [-0.1, -0.05) is 76.4 Å². The van der Waals surface area contributed by atoms with E-state index in [9.17, 15) is 19.5 Å². The highest BCUT2D eigenvalue weighted by Gasteiger charge is 2.33. The predicted molar refractivity (Wildman–Crippen MR) is 119 cm³/mol. The Morgan fingerprint density at radius 3 is 1.42 bits per heavy atom. The molecule has 0 aromatic heterocycles. The van der Waals surface area contributed by atoms with Gasteiger partial charge in [0.05, 0.1) is 12.5 Å². The third-order valence-electron chi connectivity index (χ3n) is 5.64. The Morgan fingerprint density at radius 2 is 1.06 bits per heavy atom. The minimum atomic E-state index is -1.42. The number of allylic oxidation sites excluding steroid dienone is 2. The molecule has 0 aromatic rings. The normalized spacial score (nSPS) is 11.8. The molecule has 0 fully saturated rings. The molecule has 0 bridgehead atoms. The average molecular weight is 442 g/mol. The molecule has 0 rings (SSSR count). The van der Waals surface area contributed by atoms with Gasteiger partial charge in [-0.3, -0.25) is 0 Å². The Morgan fingerprint density at radius 1 is 0.677 bits per heavy atom. The Hall–Kier alpha value is -1.89. The molecule has 0 heterocycles. The third kappa shape index (κ3) is 18.6. The quantitative estimate of drug-likeness (QED) is 0.150. The van der Waals surface area contributed by atoms with Crippen molar-refractivity contribution in [2.75, 3.05) is 26.2 Å². The molecule has 0 saturated carbocycles. The van der Waals surface area contributed by atoms with Gasteiger partial charge < -0.3 is 24.6 Å². The van der Waals surface area contributed by atoms with Crippen LogP contribution in [0.1, 0.15) is 96.8 Å². The Kier molecular flexibility index (Phi) is 17.7. The lowest BCUT2D eigenvalue weighted by Crippen LogP contribution is -2.59. The summed E-state index contributed by atoms with van der Waals surface area (Å²) in [4.78, 5) is 33.3. The predicted octanol–water partition coefficient (Wildman–Crippen LogP) is 3.76. The van der Waals surface area contributed by atoms with Crippen LogP contribution in [0.5, 0.6) is 0 Å². The van der Waals surface area contributed by atoms with E-state index in [0.717, 1.165) is 19.3 Å². The summed E-state index contributed by atoms with van der Waals surface area (Å²) >= 11 is 0. The van der Waals surface area contributed by atoms with Crippen LogP contribution in [-0.4, -0.2) is 58.8 Å². The molecule has 31 heavy (non-hydrogen) atoms. The lowest BCUT2D eigenvalue weighted by molar-refractivity contribution is -0.909. The van der Waals surface area contributed by atoms with Crippen molar-refractivity contribution in [2.45, 2.75) is 96.8 Å². The summed E-state index contributed by atoms with van der Waals surface area (Å²) in [5.74, 6) is -3.82. The van der Waals surface area contributed by atoms with Crippen molar-refractivity contribution in [3.8, 4) is 0 Å². The van der Waals surface area contributed by atoms with Crippen LogP contribution in [0.4, 0.5) is 0 Å². The number of quaternary nitrogens is 1. The van der Waals surface area contributed by atoms with E-state index in [1.54, 1.807) is 0 Å². The highest BCUT2D eigenvalue weighted by atomic mass is 16.4. The second-order valence-electron chi connectivity index (χ2n) is 8.65. The number of carbonyl (C=O) groups excluding carboxylic acids is 1. The number of aliphatic carboxylic acids is 3. The van der Waals surface area contributed by atoms with Crippen LogP contribution in [0.15, 0.2) is 12.2 Å². The van der Waals surface area contributed by atoms with Gasteiger partial charge in [-0.25, -0.2) is 9.59 Å². The second kappa shape index (κ2) is 18.8. The minimum Gasteiger partial charge on any atom is -0.544 e. The molecule has 7 nitrogen and oxygen atoms in total. The topological polar surface area (TPSA) is 115 Å². The van der Waals surface area contributed by atoms with Crippen LogP contribution in [0.3, 0.4) is 0 Å². The Bertz CT molecular complexity index is 491. The number of nitrogens with zero attached hydrogens (tertiary/aromatic N) is 1. The van der Waals surface area contributed by atoms with Crippen molar-refractivity contribution in [3.63, 3.8) is 0 Å². The molecule has 0 saturated heterocycles. The summed E-state index contributed by atoms with van der Waals surface area (Å²) in [6.45, 7) is 0.663. The number of unbranched alkanes of at least 4 members (excludes halogenated alkanes) is 13. The van der Waals surface area contributed by atoms with Crippen molar-refractivity contribution in [3.05, 3.63) is 12.2 Å². The van der Waals surface area contributed by atoms with Gasteiger partial charge in [0.1, 0.15) is 6.54 Å². The lowest BCUT2D eigenvalue weighted by Gasteiger charge is -2.36. The van der Waals surface area contributed by atoms with Gasteiger partial charge >= 0.3 is 11.9 Å². The van der Waals surface area contributed by atoms with Crippen molar-refractivity contribution < 1.29 is 34.2 Å². The fraction of sp³-hybridized carbons (Fsp3) is 0.792. The molecule has 0 spiro atoms. The number of carbonyl (C=O) groups is 3.